The van der Waals surface area contributed by atoms with Crippen LogP contribution < -0.4 is 16.0 Å². The van der Waals surface area contributed by atoms with Gasteiger partial charge in [-0.15, -0.1) is 0 Å². The fourth-order valence-electron chi connectivity index (χ4n) is 5.87. The number of ether oxygens (including phenoxy) is 1. The number of aliphatic hydroxyl groups excluding tert-OH is 1. The number of carbonyl (C=O) groups is 1. The van der Waals surface area contributed by atoms with Gasteiger partial charge in [-0.25, -0.2) is 0 Å². The summed E-state index contributed by atoms with van der Waals surface area (Å²) >= 11 is 0. The summed E-state index contributed by atoms with van der Waals surface area (Å²) in [4.78, 5) is 14.5. The summed E-state index contributed by atoms with van der Waals surface area (Å²) in [6.07, 6.45) is 10.1. The summed E-state index contributed by atoms with van der Waals surface area (Å²) in [5.74, 6) is 1.94. The van der Waals surface area contributed by atoms with Gasteiger partial charge in [0.1, 0.15) is 6.29 Å². The molecule has 2 heterocycles. The number of β-amino-alcohol motifs (C(OH)–C–C–N with tert-alkyl or cyclic N) is 1. The maximum Gasteiger partial charge on any atom is 0.225 e. The fourth-order valence-corrected chi connectivity index (χ4v) is 5.87. The van der Waals surface area contributed by atoms with Gasteiger partial charge in [-0.2, -0.15) is 0 Å². The summed E-state index contributed by atoms with van der Waals surface area (Å²) in [6, 6.07) is 0.474. The Bertz CT molecular complexity index is 524. The van der Waals surface area contributed by atoms with Crippen molar-refractivity contribution in [3.05, 3.63) is 0 Å². The molecule has 0 spiro atoms. The zero-order valence-electron chi connectivity index (χ0n) is 17.9. The third-order valence-electron chi connectivity index (χ3n) is 7.84. The Morgan fingerprint density at radius 1 is 0.966 bits per heavy atom. The zero-order chi connectivity index (χ0) is 20.2. The summed E-state index contributed by atoms with van der Waals surface area (Å²) < 4.78 is 5.51. The van der Waals surface area contributed by atoms with Gasteiger partial charge < -0.3 is 14.7 Å². The number of aliphatic hydroxyl groups is 1. The van der Waals surface area contributed by atoms with Crippen LogP contribution in [-0.2, 0) is 9.53 Å². The number of amides is 1. The van der Waals surface area contributed by atoms with Crippen LogP contribution in [0, 0.1) is 17.8 Å². The lowest BCUT2D eigenvalue weighted by Crippen LogP contribution is -2.63. The first kappa shape index (κ1) is 21.5. The first-order chi connectivity index (χ1) is 14.1. The van der Waals surface area contributed by atoms with E-state index < -0.39 is 0 Å². The molecule has 1 atom stereocenters. The molecule has 0 aromatic carbocycles. The van der Waals surface area contributed by atoms with E-state index in [1.54, 1.807) is 0 Å². The van der Waals surface area contributed by atoms with Crippen LogP contribution in [0.1, 0.15) is 57.8 Å². The molecule has 0 aromatic rings. The van der Waals surface area contributed by atoms with Gasteiger partial charge in [-0.05, 0) is 69.6 Å². The van der Waals surface area contributed by atoms with Gasteiger partial charge in [0.05, 0.1) is 12.2 Å². The van der Waals surface area contributed by atoms with Crippen molar-refractivity contribution in [2.45, 2.75) is 82.3 Å². The molecular formula is C22H40N4O3. The highest BCUT2D eigenvalue weighted by atomic mass is 16.5. The highest BCUT2D eigenvalue weighted by Gasteiger charge is 2.34. The second-order valence-corrected chi connectivity index (χ2v) is 9.72. The van der Waals surface area contributed by atoms with Gasteiger partial charge in [0.15, 0.2) is 0 Å². The van der Waals surface area contributed by atoms with E-state index in [0.29, 0.717) is 18.7 Å². The second-order valence-electron chi connectivity index (χ2n) is 9.72. The van der Waals surface area contributed by atoms with Gasteiger partial charge in [0.25, 0.3) is 0 Å². The van der Waals surface area contributed by atoms with Gasteiger partial charge >= 0.3 is 0 Å². The molecule has 4 aliphatic rings. The Morgan fingerprint density at radius 3 is 2.24 bits per heavy atom. The molecule has 2 saturated carbocycles. The van der Waals surface area contributed by atoms with E-state index in [2.05, 4.69) is 16.0 Å². The normalized spacial score (nSPS) is 41.4. The third kappa shape index (κ3) is 5.50. The Hall–Kier alpha value is -0.730. The predicted molar refractivity (Wildman–Crippen MR) is 112 cm³/mol. The Balaban J connectivity index is 1.13. The number of rotatable bonds is 5. The van der Waals surface area contributed by atoms with Crippen LogP contribution in [0.25, 0.3) is 0 Å². The molecule has 2 saturated heterocycles. The van der Waals surface area contributed by atoms with Crippen LogP contribution in [0.4, 0.5) is 0 Å². The number of likely N-dealkylation sites (tertiary alicyclic amines) is 1. The quantitative estimate of drug-likeness (QED) is 0.544. The van der Waals surface area contributed by atoms with E-state index in [0.717, 1.165) is 63.6 Å². The maximum atomic E-state index is 12.6. The van der Waals surface area contributed by atoms with Crippen molar-refractivity contribution < 1.29 is 14.6 Å². The molecule has 0 aromatic heterocycles. The average Bonchev–Trinajstić information content (AvgIpc) is 3.21. The molecule has 166 valence electrons. The minimum Gasteiger partial charge on any atom is -0.391 e. The molecule has 4 rings (SSSR count). The number of methoxy groups -OCH3 is 1. The van der Waals surface area contributed by atoms with Crippen molar-refractivity contribution in [3.63, 3.8) is 0 Å². The molecule has 0 bridgehead atoms. The molecule has 0 radical (unpaired) electrons. The molecule has 7 nitrogen and oxygen atoms in total. The smallest absolute Gasteiger partial charge is 0.225 e. The monoisotopic (exact) mass is 408 g/mol. The first-order valence-electron chi connectivity index (χ1n) is 11.8. The van der Waals surface area contributed by atoms with Crippen LogP contribution in [0.15, 0.2) is 0 Å². The molecule has 0 unspecified atom stereocenters. The number of hydrogen-bond donors (Lipinski definition) is 4. The average molecular weight is 409 g/mol. The predicted octanol–water partition coefficient (Wildman–Crippen LogP) is 1.03. The number of carbonyl (C=O) groups excluding carboxylic acids is 1. The summed E-state index contributed by atoms with van der Waals surface area (Å²) in [6.45, 7) is 3.42. The molecule has 2 aliphatic heterocycles. The molecular weight excluding hydrogens is 368 g/mol. The van der Waals surface area contributed by atoms with Crippen molar-refractivity contribution in [2.24, 2.45) is 17.8 Å². The van der Waals surface area contributed by atoms with Gasteiger partial charge in [-0.1, -0.05) is 0 Å². The van der Waals surface area contributed by atoms with Crippen molar-refractivity contribution in [1.29, 1.82) is 0 Å². The minimum atomic E-state index is -0.320. The number of hydrogen-bond acceptors (Lipinski definition) is 6. The number of nitrogens with zero attached hydrogens (tertiary/aromatic N) is 1. The third-order valence-corrected chi connectivity index (χ3v) is 7.84. The number of nitrogens with one attached hydrogen (secondary N) is 3. The Kier molecular flexibility index (Phi) is 7.45. The van der Waals surface area contributed by atoms with Crippen molar-refractivity contribution in [2.75, 3.05) is 33.3 Å². The van der Waals surface area contributed by atoms with E-state index in [9.17, 15) is 9.90 Å². The molecule has 29 heavy (non-hydrogen) atoms. The highest BCUT2D eigenvalue weighted by molar-refractivity contribution is 5.79. The van der Waals surface area contributed by atoms with Gasteiger partial charge in [0, 0.05) is 45.2 Å². The first-order valence-corrected chi connectivity index (χ1v) is 11.8. The van der Waals surface area contributed by atoms with Crippen LogP contribution in [0.5, 0.6) is 0 Å². The largest absolute Gasteiger partial charge is 0.391 e. The van der Waals surface area contributed by atoms with E-state index in [1.807, 2.05) is 12.0 Å². The van der Waals surface area contributed by atoms with Gasteiger partial charge in [-0.3, -0.25) is 20.7 Å². The highest BCUT2D eigenvalue weighted by Crippen LogP contribution is 2.32. The maximum absolute atomic E-state index is 12.6. The summed E-state index contributed by atoms with van der Waals surface area (Å²) in [5.41, 5.74) is 0. The van der Waals surface area contributed by atoms with E-state index in [-0.39, 0.29) is 24.2 Å². The van der Waals surface area contributed by atoms with Crippen LogP contribution in [-0.4, -0.2) is 73.7 Å². The zero-order valence-corrected chi connectivity index (χ0v) is 17.9. The summed E-state index contributed by atoms with van der Waals surface area (Å²) in [5, 5.41) is 20.7. The fraction of sp³-hybridized carbons (Fsp3) is 0.955. The standard InChI is InChI=1S/C22H40N4O3/c1-29-20-8-4-15(5-9-20)17-12-23-22(24-13-17)25-18-6-2-16(3-7-18)21(28)26-11-10-19(27)14-26/h15-20,22-25,27H,2-14H2,1H3/t15?,16?,17?,18?,19-,20?,22?/m1/s1. The van der Waals surface area contributed by atoms with Crippen LogP contribution >= 0.6 is 0 Å². The topological polar surface area (TPSA) is 85.9 Å². The lowest BCUT2D eigenvalue weighted by Gasteiger charge is -2.40. The Morgan fingerprint density at radius 2 is 1.66 bits per heavy atom. The summed E-state index contributed by atoms with van der Waals surface area (Å²) in [7, 11) is 1.84. The van der Waals surface area contributed by atoms with Crippen LogP contribution in [0.2, 0.25) is 0 Å². The van der Waals surface area contributed by atoms with Crippen molar-refractivity contribution in [3.8, 4) is 0 Å². The molecule has 4 fully saturated rings. The minimum absolute atomic E-state index is 0.150. The van der Waals surface area contributed by atoms with Crippen molar-refractivity contribution >= 4 is 5.91 Å². The molecule has 7 heteroatoms. The van der Waals surface area contributed by atoms with Crippen molar-refractivity contribution in [1.82, 2.24) is 20.9 Å². The molecule has 2 aliphatic carbocycles. The van der Waals surface area contributed by atoms with Crippen LogP contribution in [0.3, 0.4) is 0 Å². The molecule has 4 N–H and O–H groups in total. The SMILES string of the molecule is COC1CCC(C2CNC(NC3CCC(C(=O)N4CC[C@@H](O)C4)CC3)NC2)CC1. The molecule has 1 amide bonds. The lowest BCUT2D eigenvalue weighted by atomic mass is 9.78. The van der Waals surface area contributed by atoms with Gasteiger partial charge in [0.2, 0.25) is 5.91 Å². The Labute approximate surface area is 175 Å². The van der Waals surface area contributed by atoms with E-state index in [1.165, 1.54) is 25.7 Å². The van der Waals surface area contributed by atoms with E-state index >= 15 is 0 Å². The second kappa shape index (κ2) is 10.1. The van der Waals surface area contributed by atoms with E-state index in [4.69, 9.17) is 4.74 Å². The lowest BCUT2D eigenvalue weighted by molar-refractivity contribution is -0.136.